The van der Waals surface area contributed by atoms with Crippen LogP contribution in [0.5, 0.6) is 5.75 Å². The lowest BCUT2D eigenvalue weighted by Crippen LogP contribution is -1.99. The summed E-state index contributed by atoms with van der Waals surface area (Å²) in [5, 5.41) is 8.84. The molecule has 1 aromatic rings. The van der Waals surface area contributed by atoms with Gasteiger partial charge in [-0.15, -0.1) is 0 Å². The number of ether oxygens (including phenoxy) is 1. The zero-order valence-corrected chi connectivity index (χ0v) is 10.2. The Morgan fingerprint density at radius 2 is 2.31 bits per heavy atom. The summed E-state index contributed by atoms with van der Waals surface area (Å²) in [7, 11) is 1.58. The first-order valence-corrected chi connectivity index (χ1v) is 6.32. The molecular weight excluding hydrogens is 220 g/mol. The smallest absolute Gasteiger partial charge is 0.136 e. The maximum Gasteiger partial charge on any atom is 0.136 e. The van der Waals surface area contributed by atoms with Crippen molar-refractivity contribution < 1.29 is 4.74 Å². The third kappa shape index (κ3) is 3.76. The van der Waals surface area contributed by atoms with Crippen molar-refractivity contribution in [3.63, 3.8) is 0 Å². The summed E-state index contributed by atoms with van der Waals surface area (Å²) < 4.78 is 5.15. The number of nitrogens with zero attached hydrogens (tertiary/aromatic N) is 1. The van der Waals surface area contributed by atoms with Gasteiger partial charge in [0.25, 0.3) is 0 Å². The highest BCUT2D eigenvalue weighted by atomic mass is 32.2. The first kappa shape index (κ1) is 12.9. The maximum absolute atomic E-state index is 8.84. The van der Waals surface area contributed by atoms with Crippen LogP contribution in [0.15, 0.2) is 18.2 Å². The fourth-order valence-electron chi connectivity index (χ4n) is 1.29. The van der Waals surface area contributed by atoms with Crippen LogP contribution in [0, 0.1) is 11.3 Å². The Balaban J connectivity index is 2.58. The summed E-state index contributed by atoms with van der Waals surface area (Å²) in [6, 6.07) is 7.80. The molecular formula is C12H16N2OS. The third-order valence-corrected chi connectivity index (χ3v) is 3.26. The van der Waals surface area contributed by atoms with E-state index in [1.807, 2.05) is 23.9 Å². The molecule has 0 unspecified atom stereocenters. The zero-order valence-electron chi connectivity index (χ0n) is 9.40. The van der Waals surface area contributed by atoms with Crippen LogP contribution in [0.4, 0.5) is 0 Å². The van der Waals surface area contributed by atoms with Gasteiger partial charge < -0.3 is 10.5 Å². The Labute approximate surface area is 101 Å². The second-order valence-electron chi connectivity index (χ2n) is 3.34. The first-order valence-electron chi connectivity index (χ1n) is 5.16. The second kappa shape index (κ2) is 7.15. The van der Waals surface area contributed by atoms with Crippen LogP contribution < -0.4 is 10.5 Å². The van der Waals surface area contributed by atoms with Crippen molar-refractivity contribution in [2.45, 2.75) is 12.2 Å². The fourth-order valence-corrected chi connectivity index (χ4v) is 2.22. The van der Waals surface area contributed by atoms with E-state index in [4.69, 9.17) is 15.7 Å². The van der Waals surface area contributed by atoms with Gasteiger partial charge in [-0.05, 0) is 36.4 Å². The molecule has 0 saturated carbocycles. The number of hydrogen-bond donors (Lipinski definition) is 1. The highest BCUT2D eigenvalue weighted by Crippen LogP contribution is 2.22. The average molecular weight is 236 g/mol. The van der Waals surface area contributed by atoms with Crippen molar-refractivity contribution in [2.24, 2.45) is 5.73 Å². The number of rotatable bonds is 6. The molecule has 0 fully saturated rings. The highest BCUT2D eigenvalue weighted by molar-refractivity contribution is 7.98. The van der Waals surface area contributed by atoms with Gasteiger partial charge in [0.1, 0.15) is 11.8 Å². The van der Waals surface area contributed by atoms with Gasteiger partial charge >= 0.3 is 0 Å². The van der Waals surface area contributed by atoms with Crippen molar-refractivity contribution in [2.75, 3.05) is 19.4 Å². The minimum atomic E-state index is 0.582. The van der Waals surface area contributed by atoms with Crippen LogP contribution in [0.25, 0.3) is 0 Å². The van der Waals surface area contributed by atoms with Gasteiger partial charge in [-0.25, -0.2) is 0 Å². The molecule has 0 saturated heterocycles. The fraction of sp³-hybridized carbons (Fsp3) is 0.417. The molecule has 86 valence electrons. The van der Waals surface area contributed by atoms with E-state index in [0.717, 1.165) is 24.5 Å². The van der Waals surface area contributed by atoms with Crippen molar-refractivity contribution in [1.29, 1.82) is 5.26 Å². The van der Waals surface area contributed by atoms with Crippen LogP contribution in [-0.2, 0) is 5.75 Å². The van der Waals surface area contributed by atoms with Gasteiger partial charge in [0, 0.05) is 5.75 Å². The molecule has 0 aliphatic heterocycles. The van der Waals surface area contributed by atoms with Gasteiger partial charge in [-0.2, -0.15) is 17.0 Å². The molecule has 0 spiro atoms. The van der Waals surface area contributed by atoms with E-state index in [2.05, 4.69) is 6.07 Å². The molecule has 4 heteroatoms. The molecule has 0 atom stereocenters. The van der Waals surface area contributed by atoms with Crippen molar-refractivity contribution in [3.8, 4) is 11.8 Å². The molecule has 0 aromatic heterocycles. The average Bonchev–Trinajstić information content (AvgIpc) is 2.34. The van der Waals surface area contributed by atoms with E-state index < -0.39 is 0 Å². The quantitative estimate of drug-likeness (QED) is 0.769. The summed E-state index contributed by atoms with van der Waals surface area (Å²) in [5.74, 6) is 2.65. The molecule has 0 heterocycles. The monoisotopic (exact) mass is 236 g/mol. The van der Waals surface area contributed by atoms with Crippen LogP contribution >= 0.6 is 11.8 Å². The largest absolute Gasteiger partial charge is 0.495 e. The van der Waals surface area contributed by atoms with Gasteiger partial charge in [-0.1, -0.05) is 6.07 Å². The molecule has 3 nitrogen and oxygen atoms in total. The van der Waals surface area contributed by atoms with Gasteiger partial charge in [0.2, 0.25) is 0 Å². The molecule has 0 bridgehead atoms. The lowest BCUT2D eigenvalue weighted by atomic mass is 10.1. The molecule has 1 rings (SSSR count). The first-order chi connectivity index (χ1) is 7.81. The van der Waals surface area contributed by atoms with Crippen LogP contribution in [-0.4, -0.2) is 19.4 Å². The second-order valence-corrected chi connectivity index (χ2v) is 4.45. The number of hydrogen-bond acceptors (Lipinski definition) is 4. The molecule has 0 amide bonds. The lowest BCUT2D eigenvalue weighted by molar-refractivity contribution is 0.413. The predicted octanol–water partition coefficient (Wildman–Crippen LogP) is 2.15. The maximum atomic E-state index is 8.84. The molecule has 2 N–H and O–H groups in total. The van der Waals surface area contributed by atoms with E-state index in [1.165, 1.54) is 5.56 Å². The molecule has 0 aliphatic rings. The lowest BCUT2D eigenvalue weighted by Gasteiger charge is -2.06. The summed E-state index contributed by atoms with van der Waals surface area (Å²) in [4.78, 5) is 0. The predicted molar refractivity (Wildman–Crippen MR) is 67.5 cm³/mol. The van der Waals surface area contributed by atoms with E-state index in [1.54, 1.807) is 13.2 Å². The van der Waals surface area contributed by atoms with Crippen molar-refractivity contribution in [1.82, 2.24) is 0 Å². The molecule has 16 heavy (non-hydrogen) atoms. The minimum Gasteiger partial charge on any atom is -0.495 e. The van der Waals surface area contributed by atoms with Crippen LogP contribution in [0.2, 0.25) is 0 Å². The normalized spacial score (nSPS) is 9.81. The van der Waals surface area contributed by atoms with Gasteiger partial charge in [0.15, 0.2) is 0 Å². The Bertz CT molecular complexity index is 374. The summed E-state index contributed by atoms with van der Waals surface area (Å²) in [6.07, 6.45) is 1.04. The zero-order chi connectivity index (χ0) is 11.8. The number of nitrogens with two attached hydrogens (primary N) is 1. The number of methoxy groups -OCH3 is 1. The third-order valence-electron chi connectivity index (χ3n) is 2.15. The SMILES string of the molecule is COc1cc(CSCCCN)ccc1C#N. The van der Waals surface area contributed by atoms with E-state index in [9.17, 15) is 0 Å². The van der Waals surface area contributed by atoms with E-state index in [0.29, 0.717) is 11.3 Å². The molecule has 0 radical (unpaired) electrons. The van der Waals surface area contributed by atoms with Gasteiger partial charge in [0.05, 0.1) is 12.7 Å². The number of benzene rings is 1. The summed E-state index contributed by atoms with van der Waals surface area (Å²) >= 11 is 1.85. The standard InChI is InChI=1S/C12H16N2OS/c1-15-12-7-10(3-4-11(12)8-14)9-16-6-2-5-13/h3-4,7H,2,5-6,9,13H2,1H3. The van der Waals surface area contributed by atoms with Gasteiger partial charge in [-0.3, -0.25) is 0 Å². The summed E-state index contributed by atoms with van der Waals surface area (Å²) in [6.45, 7) is 0.740. The highest BCUT2D eigenvalue weighted by Gasteiger charge is 2.03. The van der Waals surface area contributed by atoms with E-state index >= 15 is 0 Å². The minimum absolute atomic E-state index is 0.582. The van der Waals surface area contributed by atoms with Crippen LogP contribution in [0.3, 0.4) is 0 Å². The molecule has 1 aromatic carbocycles. The van der Waals surface area contributed by atoms with Crippen LogP contribution in [0.1, 0.15) is 17.5 Å². The topological polar surface area (TPSA) is 59.0 Å². The van der Waals surface area contributed by atoms with Crippen molar-refractivity contribution in [3.05, 3.63) is 29.3 Å². The van der Waals surface area contributed by atoms with E-state index in [-0.39, 0.29) is 0 Å². The molecule has 0 aliphatic carbocycles. The number of nitriles is 1. The Morgan fingerprint density at radius 1 is 1.50 bits per heavy atom. The van der Waals surface area contributed by atoms with Crippen molar-refractivity contribution >= 4 is 11.8 Å². The number of thioether (sulfide) groups is 1. The Kier molecular flexibility index (Phi) is 5.76. The Hall–Kier alpha value is -1.18. The summed E-state index contributed by atoms with van der Waals surface area (Å²) in [5.41, 5.74) is 7.18. The Morgan fingerprint density at radius 3 is 2.94 bits per heavy atom.